The van der Waals surface area contributed by atoms with Crippen LogP contribution in [0, 0.1) is 0 Å². The summed E-state index contributed by atoms with van der Waals surface area (Å²) in [5.41, 5.74) is 0.344. The van der Waals surface area contributed by atoms with Crippen molar-refractivity contribution >= 4 is 46.4 Å². The van der Waals surface area contributed by atoms with Crippen molar-refractivity contribution in [2.24, 2.45) is 0 Å². The molecule has 1 fully saturated rings. The van der Waals surface area contributed by atoms with E-state index < -0.39 is 10.8 Å². The Balaban J connectivity index is 1.64. The number of piperidine rings is 1. The van der Waals surface area contributed by atoms with Crippen LogP contribution in [-0.2, 0) is 15.1 Å². The number of Topliss-reactive ketones (excluding diaryl/α,β-unsaturated/α-hetero) is 1. The summed E-state index contributed by atoms with van der Waals surface area (Å²) < 4.78 is 5.76. The molecule has 1 aliphatic rings. The Kier molecular flexibility index (Phi) is 7.53. The Morgan fingerprint density at radius 1 is 1.21 bits per heavy atom. The minimum atomic E-state index is -1.05. The molecule has 1 saturated heterocycles. The molecular formula is C25H23ClN2O3S2. The quantitative estimate of drug-likeness (QED) is 0.322. The lowest BCUT2D eigenvalue weighted by molar-refractivity contribution is -0.133. The number of nitrogens with zero attached hydrogens (tertiary/aromatic N) is 1. The van der Waals surface area contributed by atoms with Gasteiger partial charge >= 0.3 is 0 Å². The highest BCUT2D eigenvalue weighted by atomic mass is 35.5. The number of allylic oxidation sites excluding steroid dienone is 1. The summed E-state index contributed by atoms with van der Waals surface area (Å²) in [5, 5.41) is 6.62. The number of ether oxygens (including phenoxy) is 1. The van der Waals surface area contributed by atoms with Crippen LogP contribution in [0.2, 0.25) is 5.02 Å². The van der Waals surface area contributed by atoms with Crippen LogP contribution in [0.4, 0.5) is 0 Å². The molecule has 0 spiro atoms. The van der Waals surface area contributed by atoms with Gasteiger partial charge in [0.15, 0.2) is 5.78 Å². The van der Waals surface area contributed by atoms with Crippen molar-refractivity contribution in [2.45, 2.75) is 35.4 Å². The van der Waals surface area contributed by atoms with E-state index in [0.717, 1.165) is 12.0 Å². The Bertz CT molecular complexity index is 1150. The molecule has 1 aliphatic heterocycles. The molecular weight excluding hydrogens is 476 g/mol. The fourth-order valence-electron chi connectivity index (χ4n) is 3.69. The van der Waals surface area contributed by atoms with Crippen LogP contribution in [0.25, 0.3) is 0 Å². The molecule has 2 unspecified atom stereocenters. The van der Waals surface area contributed by atoms with Crippen LogP contribution >= 0.6 is 34.7 Å². The van der Waals surface area contributed by atoms with Gasteiger partial charge in [0.05, 0.1) is 10.7 Å². The van der Waals surface area contributed by atoms with Gasteiger partial charge in [0, 0.05) is 17.4 Å². The summed E-state index contributed by atoms with van der Waals surface area (Å²) >= 11 is 8.94. The molecule has 4 rings (SSSR count). The molecule has 0 saturated carbocycles. The van der Waals surface area contributed by atoms with Crippen LogP contribution < -0.4 is 10.1 Å². The van der Waals surface area contributed by atoms with Crippen molar-refractivity contribution < 1.29 is 14.3 Å². The summed E-state index contributed by atoms with van der Waals surface area (Å²) in [6.07, 6.45) is 4.97. The number of aromatic nitrogens is 1. The molecule has 8 heteroatoms. The van der Waals surface area contributed by atoms with Gasteiger partial charge in [-0.05, 0) is 47.0 Å². The van der Waals surface area contributed by atoms with Gasteiger partial charge in [-0.1, -0.05) is 48.9 Å². The number of halogens is 1. The number of hydrogen-bond acceptors (Lipinski definition) is 6. The molecule has 170 valence electrons. The highest BCUT2D eigenvalue weighted by molar-refractivity contribution is 8.01. The number of rotatable bonds is 8. The number of amides is 1. The van der Waals surface area contributed by atoms with Crippen molar-refractivity contribution in [3.8, 4) is 5.88 Å². The third-order valence-electron chi connectivity index (χ3n) is 5.29. The molecule has 0 radical (unpaired) electrons. The third kappa shape index (κ3) is 5.16. The number of benzene rings is 1. The Hall–Kier alpha value is -2.61. The smallest absolute Gasteiger partial charge is 0.242 e. The lowest BCUT2D eigenvalue weighted by Crippen LogP contribution is -2.58. The summed E-state index contributed by atoms with van der Waals surface area (Å²) in [7, 11) is 0. The Morgan fingerprint density at radius 3 is 2.79 bits per heavy atom. The number of ketones is 1. The van der Waals surface area contributed by atoms with E-state index >= 15 is 0 Å². The average molecular weight is 499 g/mol. The van der Waals surface area contributed by atoms with Gasteiger partial charge < -0.3 is 10.1 Å². The number of pyridine rings is 1. The molecule has 1 aromatic carbocycles. The normalized spacial score (nSPS) is 20.7. The van der Waals surface area contributed by atoms with Crippen LogP contribution in [-0.4, -0.2) is 28.5 Å². The first-order valence-corrected chi connectivity index (χ1v) is 12.8. The SMILES string of the molecule is CCC=CCOc1cccc(C2(c3ccsc3)CC(=O)C(Sc3ccccc3Cl)C(=O)N2)n1. The van der Waals surface area contributed by atoms with Crippen LogP contribution in [0.1, 0.15) is 31.0 Å². The van der Waals surface area contributed by atoms with Crippen LogP contribution in [0.3, 0.4) is 0 Å². The molecule has 1 N–H and O–H groups in total. The standard InChI is InChI=1S/C25H23ClN2O3S2/c1-2-3-6-13-31-22-11-7-10-21(27-22)25(17-12-14-32-16-17)15-19(29)23(24(30)28-25)33-20-9-5-4-8-18(20)26/h3-12,14,16,23H,2,13,15H2,1H3,(H,28,30). The average Bonchev–Trinajstić information content (AvgIpc) is 3.36. The largest absolute Gasteiger partial charge is 0.473 e. The molecule has 0 aliphatic carbocycles. The first-order chi connectivity index (χ1) is 16.0. The molecule has 1 amide bonds. The minimum absolute atomic E-state index is 0.0871. The monoisotopic (exact) mass is 498 g/mol. The van der Waals surface area contributed by atoms with Gasteiger partial charge in [0.2, 0.25) is 11.8 Å². The lowest BCUT2D eigenvalue weighted by Gasteiger charge is -2.39. The van der Waals surface area contributed by atoms with Crippen molar-refractivity contribution in [1.29, 1.82) is 0 Å². The van der Waals surface area contributed by atoms with E-state index in [2.05, 4.69) is 17.2 Å². The Morgan fingerprint density at radius 2 is 2.06 bits per heavy atom. The van der Waals surface area contributed by atoms with E-state index in [-0.39, 0.29) is 18.1 Å². The number of nitrogens with one attached hydrogen (secondary N) is 1. The van der Waals surface area contributed by atoms with Gasteiger partial charge in [0.1, 0.15) is 17.4 Å². The number of hydrogen-bond donors (Lipinski definition) is 1. The van der Waals surface area contributed by atoms with Crippen molar-refractivity contribution in [3.63, 3.8) is 0 Å². The van der Waals surface area contributed by atoms with Gasteiger partial charge in [-0.25, -0.2) is 4.98 Å². The predicted octanol–water partition coefficient (Wildman–Crippen LogP) is 5.64. The summed E-state index contributed by atoms with van der Waals surface area (Å²) in [5.74, 6) is -0.0904. The minimum Gasteiger partial charge on any atom is -0.473 e. The highest BCUT2D eigenvalue weighted by Crippen LogP contribution is 2.41. The van der Waals surface area contributed by atoms with Crippen molar-refractivity contribution in [2.75, 3.05) is 6.61 Å². The lowest BCUT2D eigenvalue weighted by atomic mass is 9.79. The first kappa shape index (κ1) is 23.5. The fraction of sp³-hybridized carbons (Fsp3) is 0.240. The zero-order valence-corrected chi connectivity index (χ0v) is 20.4. The Labute approximate surface area is 206 Å². The fourth-order valence-corrected chi connectivity index (χ4v) is 5.66. The second-order valence-corrected chi connectivity index (χ2v) is 9.86. The first-order valence-electron chi connectivity index (χ1n) is 10.6. The maximum absolute atomic E-state index is 13.3. The second kappa shape index (κ2) is 10.5. The van der Waals surface area contributed by atoms with E-state index in [0.29, 0.717) is 28.1 Å². The highest BCUT2D eigenvalue weighted by Gasteiger charge is 2.48. The maximum Gasteiger partial charge on any atom is 0.242 e. The molecule has 5 nitrogen and oxygen atoms in total. The van der Waals surface area contributed by atoms with Gasteiger partial charge in [-0.2, -0.15) is 11.3 Å². The van der Waals surface area contributed by atoms with Gasteiger partial charge in [0.25, 0.3) is 0 Å². The predicted molar refractivity (Wildman–Crippen MR) is 133 cm³/mol. The second-order valence-electron chi connectivity index (χ2n) is 7.53. The number of carbonyl (C=O) groups is 2. The molecule has 3 heterocycles. The van der Waals surface area contributed by atoms with E-state index in [1.165, 1.54) is 23.1 Å². The zero-order valence-electron chi connectivity index (χ0n) is 18.0. The maximum atomic E-state index is 13.3. The molecule has 2 atom stereocenters. The molecule has 2 aromatic heterocycles. The van der Waals surface area contributed by atoms with Crippen LogP contribution in [0.5, 0.6) is 5.88 Å². The topological polar surface area (TPSA) is 68.3 Å². The van der Waals surface area contributed by atoms with Gasteiger partial charge in [-0.3, -0.25) is 9.59 Å². The molecule has 3 aromatic rings. The molecule has 0 bridgehead atoms. The van der Waals surface area contributed by atoms with Gasteiger partial charge in [-0.15, -0.1) is 11.8 Å². The van der Waals surface area contributed by atoms with Crippen LogP contribution in [0.15, 0.2) is 76.3 Å². The van der Waals surface area contributed by atoms with E-state index in [1.54, 1.807) is 12.1 Å². The number of carbonyl (C=O) groups excluding carboxylic acids is 2. The summed E-state index contributed by atoms with van der Waals surface area (Å²) in [4.78, 5) is 32.0. The third-order valence-corrected chi connectivity index (χ3v) is 7.74. The van der Waals surface area contributed by atoms with E-state index in [4.69, 9.17) is 16.3 Å². The van der Waals surface area contributed by atoms with Crippen molar-refractivity contribution in [3.05, 3.63) is 87.7 Å². The summed E-state index contributed by atoms with van der Waals surface area (Å²) in [6.45, 7) is 2.46. The van der Waals surface area contributed by atoms with E-state index in [1.807, 2.05) is 59.3 Å². The zero-order chi connectivity index (χ0) is 23.3. The van der Waals surface area contributed by atoms with Crippen molar-refractivity contribution in [1.82, 2.24) is 10.3 Å². The number of thiophene rings is 1. The van der Waals surface area contributed by atoms with E-state index in [9.17, 15) is 9.59 Å². The number of thioether (sulfide) groups is 1. The summed E-state index contributed by atoms with van der Waals surface area (Å²) in [6, 6.07) is 14.5. The molecule has 33 heavy (non-hydrogen) atoms.